The average molecular weight is 190 g/mol. The van der Waals surface area contributed by atoms with E-state index in [2.05, 4.69) is 0 Å². The summed E-state index contributed by atoms with van der Waals surface area (Å²) in [4.78, 5) is 0.477. The molecule has 1 N–H and O–H groups in total. The third-order valence-electron chi connectivity index (χ3n) is 1.25. The lowest BCUT2D eigenvalue weighted by molar-refractivity contribution is 0.679. The van der Waals surface area contributed by atoms with Gasteiger partial charge in [-0.3, -0.25) is 0 Å². The van der Waals surface area contributed by atoms with Crippen molar-refractivity contribution in [1.82, 2.24) is 0 Å². The summed E-state index contributed by atoms with van der Waals surface area (Å²) >= 11 is 5.64. The van der Waals surface area contributed by atoms with Gasteiger partial charge in [0.2, 0.25) is 0 Å². The van der Waals surface area contributed by atoms with Crippen LogP contribution in [0, 0.1) is 4.78 Å². The standard InChI is InChI=1S/C7H8ClNOS/c1-11(9,10)7-4-2-3-6(8)5-7/h2-5,9H,1H3/t11-/m1/s1. The van der Waals surface area contributed by atoms with Crippen LogP contribution in [0.15, 0.2) is 29.2 Å². The van der Waals surface area contributed by atoms with Gasteiger partial charge in [-0.25, -0.2) is 8.99 Å². The van der Waals surface area contributed by atoms with E-state index in [4.69, 9.17) is 16.4 Å². The Kier molecular flexibility index (Phi) is 2.20. The summed E-state index contributed by atoms with van der Waals surface area (Å²) in [6, 6.07) is 6.57. The van der Waals surface area contributed by atoms with Gasteiger partial charge in [0.05, 0.1) is 9.73 Å². The summed E-state index contributed by atoms with van der Waals surface area (Å²) in [5.41, 5.74) is 0. The normalized spacial score (nSPS) is 15.8. The first kappa shape index (κ1) is 8.56. The van der Waals surface area contributed by atoms with E-state index in [-0.39, 0.29) is 0 Å². The Balaban J connectivity index is 3.28. The Bertz CT molecular complexity index is 358. The summed E-state index contributed by atoms with van der Waals surface area (Å²) < 4.78 is 18.4. The lowest BCUT2D eigenvalue weighted by Gasteiger charge is -1.99. The first-order valence-corrected chi connectivity index (χ1v) is 5.34. The molecular weight excluding hydrogens is 182 g/mol. The van der Waals surface area contributed by atoms with Gasteiger partial charge >= 0.3 is 0 Å². The number of hydrogen-bond donors (Lipinski definition) is 1. The molecule has 0 spiro atoms. The minimum atomic E-state index is -2.61. The van der Waals surface area contributed by atoms with E-state index in [1.165, 1.54) is 6.26 Å². The summed E-state index contributed by atoms with van der Waals surface area (Å²) in [5, 5.41) is 0.518. The quantitative estimate of drug-likeness (QED) is 0.724. The minimum Gasteiger partial charge on any atom is -0.249 e. The Morgan fingerprint density at radius 1 is 1.55 bits per heavy atom. The summed E-state index contributed by atoms with van der Waals surface area (Å²) in [7, 11) is -2.61. The molecule has 0 unspecified atom stereocenters. The molecule has 11 heavy (non-hydrogen) atoms. The molecule has 0 aromatic heterocycles. The van der Waals surface area contributed by atoms with Crippen molar-refractivity contribution in [3.8, 4) is 0 Å². The molecule has 1 aromatic rings. The van der Waals surface area contributed by atoms with Gasteiger partial charge in [-0.2, -0.15) is 0 Å². The van der Waals surface area contributed by atoms with Gasteiger partial charge in [-0.1, -0.05) is 17.7 Å². The van der Waals surface area contributed by atoms with E-state index >= 15 is 0 Å². The molecule has 60 valence electrons. The van der Waals surface area contributed by atoms with Crippen LogP contribution in [0.25, 0.3) is 0 Å². The van der Waals surface area contributed by atoms with Gasteiger partial charge in [-0.15, -0.1) is 0 Å². The van der Waals surface area contributed by atoms with E-state index in [9.17, 15) is 4.21 Å². The Morgan fingerprint density at radius 3 is 2.55 bits per heavy atom. The first-order chi connectivity index (χ1) is 5.00. The average Bonchev–Trinajstić information content (AvgIpc) is 1.86. The molecule has 0 radical (unpaired) electrons. The molecule has 0 aliphatic rings. The maximum Gasteiger partial charge on any atom is 0.0697 e. The highest BCUT2D eigenvalue weighted by molar-refractivity contribution is 7.91. The molecule has 0 aliphatic carbocycles. The second kappa shape index (κ2) is 2.83. The molecule has 4 heteroatoms. The molecule has 0 fully saturated rings. The summed E-state index contributed by atoms with van der Waals surface area (Å²) in [6.45, 7) is 0. The SMILES string of the molecule is C[S@@](=N)(=O)c1cccc(Cl)c1. The minimum absolute atomic E-state index is 0.477. The highest BCUT2D eigenvalue weighted by Gasteiger charge is 2.01. The number of nitrogens with one attached hydrogen (secondary N) is 1. The van der Waals surface area contributed by atoms with Gasteiger partial charge < -0.3 is 0 Å². The third-order valence-corrected chi connectivity index (χ3v) is 2.63. The maximum absolute atomic E-state index is 11.1. The molecule has 2 nitrogen and oxygen atoms in total. The molecule has 0 heterocycles. The van der Waals surface area contributed by atoms with Gasteiger partial charge in [0.25, 0.3) is 0 Å². The van der Waals surface area contributed by atoms with Gasteiger partial charge in [0.1, 0.15) is 0 Å². The number of halogens is 1. The highest BCUT2D eigenvalue weighted by Crippen LogP contribution is 2.15. The molecule has 0 saturated carbocycles. The molecule has 1 atom stereocenters. The van der Waals surface area contributed by atoms with Crippen molar-refractivity contribution in [2.45, 2.75) is 4.90 Å². The smallest absolute Gasteiger partial charge is 0.0697 e. The largest absolute Gasteiger partial charge is 0.249 e. The first-order valence-electron chi connectivity index (χ1n) is 2.99. The zero-order valence-electron chi connectivity index (χ0n) is 6.00. The van der Waals surface area contributed by atoms with Gasteiger partial charge in [-0.05, 0) is 18.2 Å². The fourth-order valence-corrected chi connectivity index (χ4v) is 1.65. The maximum atomic E-state index is 11.1. The molecular formula is C7H8ClNOS. The Morgan fingerprint density at radius 2 is 2.18 bits per heavy atom. The molecule has 1 rings (SSSR count). The summed E-state index contributed by atoms with van der Waals surface area (Å²) in [5.74, 6) is 0. The lowest BCUT2D eigenvalue weighted by atomic mass is 10.4. The second-order valence-corrected chi connectivity index (χ2v) is 4.90. The predicted molar refractivity (Wildman–Crippen MR) is 46.5 cm³/mol. The van der Waals surface area contributed by atoms with Crippen molar-refractivity contribution >= 4 is 21.3 Å². The molecule has 0 bridgehead atoms. The van der Waals surface area contributed by atoms with Crippen molar-refractivity contribution in [3.63, 3.8) is 0 Å². The third kappa shape index (κ3) is 2.20. The summed E-state index contributed by atoms with van der Waals surface area (Å²) in [6.07, 6.45) is 1.37. The van der Waals surface area contributed by atoms with Crippen LogP contribution in [0.5, 0.6) is 0 Å². The van der Waals surface area contributed by atoms with Crippen LogP contribution >= 0.6 is 11.6 Å². The van der Waals surface area contributed by atoms with Crippen LogP contribution < -0.4 is 0 Å². The number of hydrogen-bond acceptors (Lipinski definition) is 2. The van der Waals surface area contributed by atoms with E-state index < -0.39 is 9.73 Å². The van der Waals surface area contributed by atoms with E-state index in [1.54, 1.807) is 24.3 Å². The van der Waals surface area contributed by atoms with Crippen LogP contribution in [0.1, 0.15) is 0 Å². The lowest BCUT2D eigenvalue weighted by Crippen LogP contribution is -1.93. The van der Waals surface area contributed by atoms with Crippen LogP contribution in [0.4, 0.5) is 0 Å². The Hall–Kier alpha value is -0.540. The Labute approximate surface area is 71.2 Å². The monoisotopic (exact) mass is 189 g/mol. The fraction of sp³-hybridized carbons (Fsp3) is 0.143. The van der Waals surface area contributed by atoms with Crippen LogP contribution in [0.3, 0.4) is 0 Å². The zero-order valence-corrected chi connectivity index (χ0v) is 7.58. The van der Waals surface area contributed by atoms with E-state index in [1.807, 2.05) is 0 Å². The second-order valence-electron chi connectivity index (χ2n) is 2.30. The van der Waals surface area contributed by atoms with Crippen molar-refractivity contribution in [2.24, 2.45) is 0 Å². The van der Waals surface area contributed by atoms with Crippen molar-refractivity contribution < 1.29 is 4.21 Å². The number of benzene rings is 1. The van der Waals surface area contributed by atoms with Crippen LogP contribution in [0.2, 0.25) is 5.02 Å². The van der Waals surface area contributed by atoms with Crippen molar-refractivity contribution in [2.75, 3.05) is 6.26 Å². The van der Waals surface area contributed by atoms with Gasteiger partial charge in [0.15, 0.2) is 0 Å². The van der Waals surface area contributed by atoms with Crippen molar-refractivity contribution in [3.05, 3.63) is 29.3 Å². The van der Waals surface area contributed by atoms with E-state index in [0.717, 1.165) is 0 Å². The van der Waals surface area contributed by atoms with Crippen molar-refractivity contribution in [1.29, 1.82) is 4.78 Å². The topological polar surface area (TPSA) is 40.9 Å². The molecule has 0 aliphatic heterocycles. The molecule has 0 saturated heterocycles. The number of rotatable bonds is 1. The molecule has 1 aromatic carbocycles. The molecule has 0 amide bonds. The van der Waals surface area contributed by atoms with Crippen LogP contribution in [-0.2, 0) is 9.73 Å². The predicted octanol–water partition coefficient (Wildman–Crippen LogP) is 2.38. The van der Waals surface area contributed by atoms with Gasteiger partial charge in [0, 0.05) is 16.2 Å². The highest BCUT2D eigenvalue weighted by atomic mass is 35.5. The fourth-order valence-electron chi connectivity index (χ4n) is 0.709. The van der Waals surface area contributed by atoms with Crippen LogP contribution in [-0.4, -0.2) is 10.5 Å². The van der Waals surface area contributed by atoms with E-state index in [0.29, 0.717) is 9.92 Å². The zero-order chi connectivity index (χ0) is 8.48.